The van der Waals surface area contributed by atoms with Gasteiger partial charge in [0.15, 0.2) is 5.78 Å². The van der Waals surface area contributed by atoms with Crippen molar-refractivity contribution in [2.75, 3.05) is 13.2 Å². The van der Waals surface area contributed by atoms with E-state index in [1.165, 1.54) is 0 Å². The zero-order valence-electron chi connectivity index (χ0n) is 16.2. The predicted octanol–water partition coefficient (Wildman–Crippen LogP) is 3.98. The van der Waals surface area contributed by atoms with Crippen LogP contribution in [0.15, 0.2) is 30.3 Å². The van der Waals surface area contributed by atoms with E-state index in [2.05, 4.69) is 24.9 Å². The van der Waals surface area contributed by atoms with E-state index in [0.717, 1.165) is 27.7 Å². The number of benzene rings is 2. The highest BCUT2D eigenvalue weighted by atomic mass is 16.5. The molecule has 0 amide bonds. The van der Waals surface area contributed by atoms with Crippen molar-refractivity contribution in [3.63, 3.8) is 0 Å². The summed E-state index contributed by atoms with van der Waals surface area (Å²) in [4.78, 5) is 16.8. The molecule has 4 rings (SSSR count). The summed E-state index contributed by atoms with van der Waals surface area (Å²) in [5, 5.41) is 19.1. The van der Waals surface area contributed by atoms with Crippen molar-refractivity contribution >= 4 is 16.7 Å². The number of ketones is 1. The van der Waals surface area contributed by atoms with Crippen LogP contribution in [0.1, 0.15) is 58.6 Å². The lowest BCUT2D eigenvalue weighted by Gasteiger charge is -2.32. The maximum atomic E-state index is 13.3. The molecule has 0 aliphatic heterocycles. The maximum absolute atomic E-state index is 13.3. The molecule has 142 valence electrons. The third-order valence-corrected chi connectivity index (χ3v) is 5.69. The molecular formula is C23H22N2O3. The molecule has 0 saturated carbocycles. The van der Waals surface area contributed by atoms with Gasteiger partial charge in [-0.2, -0.15) is 5.26 Å². The fourth-order valence-corrected chi connectivity index (χ4v) is 4.08. The molecule has 2 aromatic carbocycles. The Bertz CT molecular complexity index is 1150. The Balaban J connectivity index is 1.90. The lowest BCUT2D eigenvalue weighted by Crippen LogP contribution is -2.30. The van der Waals surface area contributed by atoms with Crippen LogP contribution in [0.2, 0.25) is 0 Å². The summed E-state index contributed by atoms with van der Waals surface area (Å²) < 4.78 is 5.72. The Hall–Kier alpha value is -3.10. The van der Waals surface area contributed by atoms with Gasteiger partial charge in [0.2, 0.25) is 0 Å². The number of fused-ring (bicyclic) bond motifs is 4. The standard InChI is InChI=1S/C23H22N2O3/c1-13-14(12-24)5-7-17-19-21(27)16-8-6-15(28-10-4-9-26)11-18(16)23(2,3)22(19)25-20(13)17/h5-8,11,25-26H,4,9-10H2,1-3H3. The van der Waals surface area contributed by atoms with Gasteiger partial charge in [0.1, 0.15) is 5.75 Å². The summed E-state index contributed by atoms with van der Waals surface area (Å²) in [7, 11) is 0. The van der Waals surface area contributed by atoms with Gasteiger partial charge in [-0.1, -0.05) is 19.9 Å². The van der Waals surface area contributed by atoms with Crippen LogP contribution < -0.4 is 4.74 Å². The highest BCUT2D eigenvalue weighted by Crippen LogP contribution is 2.45. The van der Waals surface area contributed by atoms with E-state index < -0.39 is 5.41 Å². The van der Waals surface area contributed by atoms with Crippen LogP contribution in [0.5, 0.6) is 5.75 Å². The largest absolute Gasteiger partial charge is 0.493 e. The fraction of sp³-hybridized carbons (Fsp3) is 0.304. The minimum absolute atomic E-state index is 0.0124. The number of aryl methyl sites for hydroxylation is 1. The first-order valence-corrected chi connectivity index (χ1v) is 9.39. The average Bonchev–Trinajstić information content (AvgIpc) is 3.09. The van der Waals surface area contributed by atoms with Gasteiger partial charge in [0, 0.05) is 35.1 Å². The van der Waals surface area contributed by atoms with Crippen LogP contribution >= 0.6 is 0 Å². The number of hydrogen-bond acceptors (Lipinski definition) is 4. The van der Waals surface area contributed by atoms with Crippen LogP contribution in [0.4, 0.5) is 0 Å². The summed E-state index contributed by atoms with van der Waals surface area (Å²) in [6.07, 6.45) is 0.562. The summed E-state index contributed by atoms with van der Waals surface area (Å²) in [5.74, 6) is 0.678. The first-order chi connectivity index (χ1) is 13.4. The fourth-order valence-electron chi connectivity index (χ4n) is 4.08. The predicted molar refractivity (Wildman–Crippen MR) is 107 cm³/mol. The van der Waals surface area contributed by atoms with E-state index in [9.17, 15) is 10.1 Å². The molecule has 5 nitrogen and oxygen atoms in total. The zero-order valence-corrected chi connectivity index (χ0v) is 16.2. The highest BCUT2D eigenvalue weighted by Gasteiger charge is 2.40. The van der Waals surface area contributed by atoms with Crippen LogP contribution in [0.3, 0.4) is 0 Å². The number of nitrogens with zero attached hydrogens (tertiary/aromatic N) is 1. The third kappa shape index (κ3) is 2.53. The summed E-state index contributed by atoms with van der Waals surface area (Å²) in [6, 6.07) is 11.4. The molecule has 0 saturated heterocycles. The van der Waals surface area contributed by atoms with E-state index in [1.54, 1.807) is 6.07 Å². The zero-order chi connectivity index (χ0) is 20.1. The Morgan fingerprint density at radius 1 is 1.25 bits per heavy atom. The van der Waals surface area contributed by atoms with Gasteiger partial charge in [-0.25, -0.2) is 0 Å². The number of rotatable bonds is 4. The Kier molecular flexibility index (Phi) is 4.24. The number of aliphatic hydroxyl groups excluding tert-OH is 1. The number of aromatic amines is 1. The van der Waals surface area contributed by atoms with Crippen molar-refractivity contribution < 1.29 is 14.6 Å². The molecule has 5 heteroatoms. The lowest BCUT2D eigenvalue weighted by molar-refractivity contribution is 0.103. The molecule has 0 atom stereocenters. The smallest absolute Gasteiger partial charge is 0.195 e. The number of nitrogens with one attached hydrogen (secondary N) is 1. The second-order valence-electron chi connectivity index (χ2n) is 7.73. The highest BCUT2D eigenvalue weighted by molar-refractivity contribution is 6.20. The number of hydrogen-bond donors (Lipinski definition) is 2. The maximum Gasteiger partial charge on any atom is 0.195 e. The van der Waals surface area contributed by atoms with Gasteiger partial charge in [-0.15, -0.1) is 0 Å². The molecule has 2 N–H and O–H groups in total. The number of ether oxygens (including phenoxy) is 1. The van der Waals surface area contributed by atoms with Gasteiger partial charge in [0.05, 0.1) is 29.3 Å². The van der Waals surface area contributed by atoms with Crippen molar-refractivity contribution in [2.24, 2.45) is 0 Å². The van der Waals surface area contributed by atoms with Crippen molar-refractivity contribution in [3.05, 3.63) is 63.8 Å². The van der Waals surface area contributed by atoms with E-state index in [-0.39, 0.29) is 12.4 Å². The van der Waals surface area contributed by atoms with Crippen LogP contribution in [0.25, 0.3) is 10.9 Å². The average molecular weight is 374 g/mol. The monoisotopic (exact) mass is 374 g/mol. The number of carbonyl (C=O) groups excluding carboxylic acids is 1. The normalized spacial score (nSPS) is 14.5. The van der Waals surface area contributed by atoms with Crippen molar-refractivity contribution in [3.8, 4) is 11.8 Å². The number of nitriles is 1. The summed E-state index contributed by atoms with van der Waals surface area (Å²) >= 11 is 0. The first kappa shape index (κ1) is 18.3. The van der Waals surface area contributed by atoms with Crippen molar-refractivity contribution in [2.45, 2.75) is 32.6 Å². The van der Waals surface area contributed by atoms with E-state index >= 15 is 0 Å². The van der Waals surface area contributed by atoms with Crippen LogP contribution in [-0.4, -0.2) is 29.1 Å². The summed E-state index contributed by atoms with van der Waals surface area (Å²) in [5.41, 5.74) is 5.03. The quantitative estimate of drug-likeness (QED) is 0.677. The van der Waals surface area contributed by atoms with Gasteiger partial charge in [-0.05, 0) is 42.3 Å². The molecule has 28 heavy (non-hydrogen) atoms. The van der Waals surface area contributed by atoms with Gasteiger partial charge >= 0.3 is 0 Å². The first-order valence-electron chi connectivity index (χ1n) is 9.39. The van der Waals surface area contributed by atoms with Crippen LogP contribution in [-0.2, 0) is 5.41 Å². The molecule has 0 unspecified atom stereocenters. The topological polar surface area (TPSA) is 86.1 Å². The second-order valence-corrected chi connectivity index (χ2v) is 7.73. The SMILES string of the molecule is Cc1c(C#N)ccc2c3c([nH]c12)C(C)(C)c1cc(OCCCO)ccc1C3=O. The van der Waals surface area contributed by atoms with E-state index in [1.807, 2.05) is 31.2 Å². The Morgan fingerprint density at radius 3 is 2.75 bits per heavy atom. The van der Waals surface area contributed by atoms with Crippen LogP contribution in [0, 0.1) is 18.3 Å². The van der Waals surface area contributed by atoms with E-state index in [4.69, 9.17) is 9.84 Å². The third-order valence-electron chi connectivity index (χ3n) is 5.69. The minimum Gasteiger partial charge on any atom is -0.493 e. The lowest BCUT2D eigenvalue weighted by atomic mass is 9.71. The van der Waals surface area contributed by atoms with Crippen molar-refractivity contribution in [1.29, 1.82) is 5.26 Å². The Labute approximate surface area is 163 Å². The molecule has 0 bridgehead atoms. The number of aliphatic hydroxyl groups is 1. The molecule has 1 aliphatic rings. The molecule has 3 aromatic rings. The number of carbonyl (C=O) groups is 1. The molecule has 1 aliphatic carbocycles. The van der Waals surface area contributed by atoms with E-state index in [0.29, 0.717) is 35.5 Å². The molecular weight excluding hydrogens is 352 g/mol. The Morgan fingerprint density at radius 2 is 2.04 bits per heavy atom. The number of H-pyrrole nitrogens is 1. The number of aromatic nitrogens is 1. The van der Waals surface area contributed by atoms with Gasteiger partial charge < -0.3 is 14.8 Å². The molecule has 0 fully saturated rings. The molecule has 1 heterocycles. The molecule has 0 spiro atoms. The van der Waals surface area contributed by atoms with Gasteiger partial charge in [0.25, 0.3) is 0 Å². The molecule has 1 aromatic heterocycles. The minimum atomic E-state index is -0.423. The van der Waals surface area contributed by atoms with Crippen molar-refractivity contribution in [1.82, 2.24) is 4.98 Å². The molecule has 0 radical (unpaired) electrons. The second kappa shape index (κ2) is 6.50. The van der Waals surface area contributed by atoms with Gasteiger partial charge in [-0.3, -0.25) is 4.79 Å². The summed E-state index contributed by atoms with van der Waals surface area (Å²) in [6.45, 7) is 6.59.